The Labute approximate surface area is 86.0 Å². The van der Waals surface area contributed by atoms with Gasteiger partial charge in [-0.05, 0) is 5.56 Å². The maximum atomic E-state index is 11.7. The SMILES string of the molecule is C[n+]1coc(=O)c(-c2ccccc2)c1[O-]. The zero-order valence-electron chi connectivity index (χ0n) is 8.14. The second-order valence-electron chi connectivity index (χ2n) is 3.17. The Hall–Kier alpha value is -2.10. The van der Waals surface area contributed by atoms with E-state index in [1.54, 1.807) is 24.3 Å². The molecule has 1 heterocycles. The largest absolute Gasteiger partial charge is 0.822 e. The van der Waals surface area contributed by atoms with E-state index in [0.29, 0.717) is 5.56 Å². The van der Waals surface area contributed by atoms with Crippen LogP contribution in [0.1, 0.15) is 0 Å². The summed E-state index contributed by atoms with van der Waals surface area (Å²) in [6, 6.07) is 8.75. The molecule has 0 radical (unpaired) electrons. The fourth-order valence-electron chi connectivity index (χ4n) is 1.34. The molecule has 0 saturated heterocycles. The third-order valence-electron chi connectivity index (χ3n) is 2.12. The first-order valence-corrected chi connectivity index (χ1v) is 4.44. The first-order valence-electron chi connectivity index (χ1n) is 4.44. The molecule has 1 aromatic carbocycles. The van der Waals surface area contributed by atoms with Crippen LogP contribution in [-0.2, 0) is 7.05 Å². The number of benzene rings is 1. The molecule has 0 bridgehead atoms. The fraction of sp³-hybridized carbons (Fsp3) is 0.0909. The first-order chi connectivity index (χ1) is 7.20. The molecule has 4 heteroatoms. The van der Waals surface area contributed by atoms with Crippen molar-refractivity contribution in [1.82, 2.24) is 0 Å². The second-order valence-corrected chi connectivity index (χ2v) is 3.17. The minimum atomic E-state index is -0.607. The number of aromatic nitrogens is 1. The van der Waals surface area contributed by atoms with Gasteiger partial charge in [-0.15, -0.1) is 0 Å². The Bertz CT molecular complexity index is 531. The molecule has 0 saturated carbocycles. The van der Waals surface area contributed by atoms with Crippen LogP contribution < -0.4 is 15.3 Å². The van der Waals surface area contributed by atoms with Crippen LogP contribution in [0.5, 0.6) is 5.88 Å². The van der Waals surface area contributed by atoms with Crippen molar-refractivity contribution in [2.24, 2.45) is 7.05 Å². The van der Waals surface area contributed by atoms with Crippen molar-refractivity contribution in [3.63, 3.8) is 0 Å². The third kappa shape index (κ3) is 1.61. The average molecular weight is 203 g/mol. The van der Waals surface area contributed by atoms with Gasteiger partial charge in [0.1, 0.15) is 12.6 Å². The van der Waals surface area contributed by atoms with Gasteiger partial charge >= 0.3 is 12.0 Å². The van der Waals surface area contributed by atoms with Gasteiger partial charge in [0, 0.05) is 0 Å². The Morgan fingerprint density at radius 1 is 1.27 bits per heavy atom. The normalized spacial score (nSPS) is 10.2. The highest BCUT2D eigenvalue weighted by atomic mass is 16.4. The minimum Gasteiger partial charge on any atom is -0.822 e. The lowest BCUT2D eigenvalue weighted by molar-refractivity contribution is -0.722. The van der Waals surface area contributed by atoms with Crippen molar-refractivity contribution in [3.8, 4) is 17.0 Å². The smallest absolute Gasteiger partial charge is 0.353 e. The third-order valence-corrected chi connectivity index (χ3v) is 2.12. The monoisotopic (exact) mass is 203 g/mol. The molecule has 0 N–H and O–H groups in total. The van der Waals surface area contributed by atoms with E-state index in [1.165, 1.54) is 11.6 Å². The number of nitrogens with zero attached hydrogens (tertiary/aromatic N) is 1. The van der Waals surface area contributed by atoms with Gasteiger partial charge < -0.3 is 9.52 Å². The number of aryl methyl sites for hydroxylation is 1. The molecule has 0 aliphatic rings. The molecule has 1 aromatic heterocycles. The highest BCUT2D eigenvalue weighted by Gasteiger charge is 2.12. The van der Waals surface area contributed by atoms with Gasteiger partial charge in [-0.25, -0.2) is 4.79 Å². The minimum absolute atomic E-state index is 0.0700. The molecule has 2 rings (SSSR count). The average Bonchev–Trinajstić information content (AvgIpc) is 2.26. The standard InChI is InChI=1S/C11H9NO3/c1-12-7-15-11(14)9(10(12)13)8-5-3-2-4-6-8/h2-7H,1H3. The first kappa shape index (κ1) is 9.45. The molecule has 4 nitrogen and oxygen atoms in total. The van der Waals surface area contributed by atoms with Crippen molar-refractivity contribution >= 4 is 0 Å². The predicted octanol–water partition coefficient (Wildman–Crippen LogP) is 0.205. The summed E-state index contributed by atoms with van der Waals surface area (Å²) in [4.78, 5) is 11.4. The van der Waals surface area contributed by atoms with Crippen LogP contribution in [0.3, 0.4) is 0 Å². The van der Waals surface area contributed by atoms with Crippen LogP contribution in [0, 0.1) is 0 Å². The summed E-state index contributed by atoms with van der Waals surface area (Å²) in [6.45, 7) is 0. The summed E-state index contributed by atoms with van der Waals surface area (Å²) in [7, 11) is 1.54. The van der Waals surface area contributed by atoms with Crippen LogP contribution in [-0.4, -0.2) is 0 Å². The molecule has 2 aromatic rings. The van der Waals surface area contributed by atoms with Crippen LogP contribution in [0.4, 0.5) is 0 Å². The summed E-state index contributed by atoms with van der Waals surface area (Å²) in [6.07, 6.45) is 1.11. The highest BCUT2D eigenvalue weighted by molar-refractivity contribution is 5.64. The Kier molecular flexibility index (Phi) is 2.25. The van der Waals surface area contributed by atoms with Gasteiger partial charge in [0.2, 0.25) is 0 Å². The van der Waals surface area contributed by atoms with E-state index in [-0.39, 0.29) is 11.4 Å². The van der Waals surface area contributed by atoms with Gasteiger partial charge in [-0.3, -0.25) is 0 Å². The van der Waals surface area contributed by atoms with Gasteiger partial charge in [-0.1, -0.05) is 30.3 Å². The van der Waals surface area contributed by atoms with E-state index in [1.807, 2.05) is 6.07 Å². The maximum Gasteiger partial charge on any atom is 0.353 e. The van der Waals surface area contributed by atoms with Crippen LogP contribution in [0.15, 0.2) is 45.9 Å². The van der Waals surface area contributed by atoms with Gasteiger partial charge in [0.15, 0.2) is 5.88 Å². The van der Waals surface area contributed by atoms with E-state index in [2.05, 4.69) is 0 Å². The van der Waals surface area contributed by atoms with Crippen molar-refractivity contribution in [3.05, 3.63) is 47.1 Å². The molecule has 0 spiro atoms. The molecule has 0 fully saturated rings. The molecule has 0 aliphatic carbocycles. The summed E-state index contributed by atoms with van der Waals surface area (Å²) in [5, 5.41) is 11.7. The molecule has 15 heavy (non-hydrogen) atoms. The number of hydrogen-bond acceptors (Lipinski definition) is 3. The van der Waals surface area contributed by atoms with Gasteiger partial charge in [-0.2, -0.15) is 4.57 Å². The molecule has 76 valence electrons. The van der Waals surface area contributed by atoms with Gasteiger partial charge in [0.05, 0.1) is 0 Å². The van der Waals surface area contributed by atoms with E-state index in [9.17, 15) is 9.90 Å². The van der Waals surface area contributed by atoms with Crippen LogP contribution >= 0.6 is 0 Å². The summed E-state index contributed by atoms with van der Waals surface area (Å²) < 4.78 is 5.97. The lowest BCUT2D eigenvalue weighted by atomic mass is 10.1. The van der Waals surface area contributed by atoms with E-state index < -0.39 is 5.63 Å². The van der Waals surface area contributed by atoms with E-state index in [0.717, 1.165) is 6.39 Å². The molecule has 0 amide bonds. The molecular weight excluding hydrogens is 194 g/mol. The van der Waals surface area contributed by atoms with Crippen molar-refractivity contribution in [1.29, 1.82) is 0 Å². The van der Waals surface area contributed by atoms with E-state index >= 15 is 0 Å². The number of rotatable bonds is 1. The van der Waals surface area contributed by atoms with Crippen molar-refractivity contribution in [2.45, 2.75) is 0 Å². The number of hydrogen-bond donors (Lipinski definition) is 0. The Morgan fingerprint density at radius 3 is 2.60 bits per heavy atom. The quantitative estimate of drug-likeness (QED) is 0.622. The fourth-order valence-corrected chi connectivity index (χ4v) is 1.34. The van der Waals surface area contributed by atoms with Crippen LogP contribution in [0.25, 0.3) is 11.1 Å². The zero-order chi connectivity index (χ0) is 10.8. The summed E-state index contributed by atoms with van der Waals surface area (Å²) in [5.74, 6) is -0.350. The Balaban J connectivity index is 2.73. The predicted molar refractivity (Wildman–Crippen MR) is 51.0 cm³/mol. The van der Waals surface area contributed by atoms with Crippen molar-refractivity contribution in [2.75, 3.05) is 0 Å². The molecule has 0 atom stereocenters. The highest BCUT2D eigenvalue weighted by Crippen LogP contribution is 2.18. The lowest BCUT2D eigenvalue weighted by Crippen LogP contribution is -2.35. The molecular formula is C11H9NO3. The second kappa shape index (κ2) is 3.57. The zero-order valence-corrected chi connectivity index (χ0v) is 8.14. The molecule has 0 unspecified atom stereocenters. The lowest BCUT2D eigenvalue weighted by Gasteiger charge is -2.07. The summed E-state index contributed by atoms with van der Waals surface area (Å²) in [5.41, 5.74) is 0.0392. The van der Waals surface area contributed by atoms with Crippen LogP contribution in [0.2, 0.25) is 0 Å². The van der Waals surface area contributed by atoms with Crippen molar-refractivity contribution < 1.29 is 14.1 Å². The maximum absolute atomic E-state index is 11.7. The molecule has 0 aliphatic heterocycles. The van der Waals surface area contributed by atoms with Gasteiger partial charge in [0.25, 0.3) is 0 Å². The van der Waals surface area contributed by atoms with E-state index in [4.69, 9.17) is 4.42 Å². The Morgan fingerprint density at radius 2 is 1.93 bits per heavy atom. The topological polar surface area (TPSA) is 57.2 Å². The summed E-state index contributed by atoms with van der Waals surface area (Å²) >= 11 is 0.